The molecule has 0 aromatic rings. The van der Waals surface area contributed by atoms with Gasteiger partial charge in [0.2, 0.25) is 0 Å². The molecule has 0 unspecified atom stereocenters. The zero-order valence-electron chi connectivity index (χ0n) is 31.4. The van der Waals surface area contributed by atoms with Gasteiger partial charge in [-0.2, -0.15) is 0 Å². The molecule has 12 heteroatoms. The van der Waals surface area contributed by atoms with Crippen LogP contribution in [0.4, 0.5) is 0 Å². The summed E-state index contributed by atoms with van der Waals surface area (Å²) in [7, 11) is -4.87. The average molecular weight is 763 g/mol. The van der Waals surface area contributed by atoms with Crippen LogP contribution < -0.4 is 0 Å². The van der Waals surface area contributed by atoms with Gasteiger partial charge in [-0.05, 0) is 70.6 Å². The third kappa shape index (κ3) is 35.4. The van der Waals surface area contributed by atoms with Gasteiger partial charge in [0.05, 0.1) is 24.9 Å². The van der Waals surface area contributed by atoms with Crippen LogP contribution in [0.2, 0.25) is 0 Å². The molecular formula is C41H63O11P. The lowest BCUT2D eigenvalue weighted by Crippen LogP contribution is -2.29. The summed E-state index contributed by atoms with van der Waals surface area (Å²) in [4.78, 5) is 42.7. The fourth-order valence-electron chi connectivity index (χ4n) is 4.29. The summed E-state index contributed by atoms with van der Waals surface area (Å²) in [6.45, 7) is 3.02. The van der Waals surface area contributed by atoms with Crippen molar-refractivity contribution in [1.29, 1.82) is 0 Å². The molecule has 0 saturated carbocycles. The maximum Gasteiger partial charge on any atom is 0.469 e. The van der Waals surface area contributed by atoms with Crippen molar-refractivity contribution in [2.45, 2.75) is 122 Å². The SMILES string of the molecule is CC/C=C\C/C=C\C/C=C\C/C=C\CCCCC(=O)OC[C@H](COP(=O)(O)O)OC(=O)CCC[C@@H](O)[C@H](O)\C=C/C=C\C=C\C=C\[C@@H](O)C/C=C\CC. The van der Waals surface area contributed by atoms with Crippen LogP contribution in [0.1, 0.15) is 97.3 Å². The van der Waals surface area contributed by atoms with Gasteiger partial charge in [-0.1, -0.05) is 123 Å². The maximum absolute atomic E-state index is 12.4. The van der Waals surface area contributed by atoms with E-state index in [2.05, 4.69) is 60.1 Å². The topological polar surface area (TPSA) is 180 Å². The molecule has 0 fully saturated rings. The number of unbranched alkanes of at least 4 members (excludes halogenated alkanes) is 2. The fraction of sp³-hybridized carbons (Fsp3) is 0.512. The first-order valence-electron chi connectivity index (χ1n) is 18.5. The monoisotopic (exact) mass is 762 g/mol. The minimum atomic E-state index is -4.87. The second-order valence-corrected chi connectivity index (χ2v) is 13.2. The Kier molecular flexibility index (Phi) is 32.2. The molecule has 0 aliphatic rings. The summed E-state index contributed by atoms with van der Waals surface area (Å²) in [5, 5.41) is 30.2. The van der Waals surface area contributed by atoms with Gasteiger partial charge in [0, 0.05) is 12.8 Å². The summed E-state index contributed by atoms with van der Waals surface area (Å²) in [6.07, 6.45) is 37.6. The number of hydrogen-bond donors (Lipinski definition) is 5. The van der Waals surface area contributed by atoms with Gasteiger partial charge in [-0.25, -0.2) is 4.57 Å². The second kappa shape index (κ2) is 34.4. The summed E-state index contributed by atoms with van der Waals surface area (Å²) in [6, 6.07) is 0. The molecule has 0 heterocycles. The van der Waals surface area contributed by atoms with E-state index < -0.39 is 57.4 Å². The van der Waals surface area contributed by atoms with E-state index in [-0.39, 0.29) is 25.7 Å². The predicted octanol–water partition coefficient (Wildman–Crippen LogP) is 7.75. The molecule has 0 aliphatic carbocycles. The van der Waals surface area contributed by atoms with E-state index in [9.17, 15) is 29.5 Å². The Balaban J connectivity index is 4.44. The number of ether oxygens (including phenoxy) is 2. The Morgan fingerprint density at radius 3 is 1.81 bits per heavy atom. The average Bonchev–Trinajstić information content (AvgIpc) is 3.11. The number of rotatable bonds is 31. The largest absolute Gasteiger partial charge is 0.469 e. The zero-order valence-corrected chi connectivity index (χ0v) is 32.3. The Morgan fingerprint density at radius 2 is 1.19 bits per heavy atom. The number of phosphoric acid groups is 1. The molecule has 0 amide bonds. The van der Waals surface area contributed by atoms with Crippen molar-refractivity contribution < 1.29 is 53.3 Å². The molecule has 0 aliphatic heterocycles. The number of aliphatic hydroxyl groups excluding tert-OH is 3. The first kappa shape index (κ1) is 49.6. The van der Waals surface area contributed by atoms with Crippen LogP contribution in [0.5, 0.6) is 0 Å². The second-order valence-electron chi connectivity index (χ2n) is 12.0. The van der Waals surface area contributed by atoms with Crippen LogP contribution in [-0.2, 0) is 28.2 Å². The number of hydrogen-bond acceptors (Lipinski definition) is 9. The molecule has 4 atom stereocenters. The molecule has 0 radical (unpaired) electrons. The summed E-state index contributed by atoms with van der Waals surface area (Å²) < 4.78 is 26.0. The van der Waals surface area contributed by atoms with Crippen LogP contribution in [0, 0.1) is 0 Å². The maximum atomic E-state index is 12.4. The van der Waals surface area contributed by atoms with Crippen molar-refractivity contribution in [3.8, 4) is 0 Å². The molecule has 0 aromatic carbocycles. The van der Waals surface area contributed by atoms with Gasteiger partial charge in [0.15, 0.2) is 6.10 Å². The Labute approximate surface area is 316 Å². The zero-order chi connectivity index (χ0) is 39.4. The number of esters is 2. The highest BCUT2D eigenvalue weighted by Gasteiger charge is 2.23. The van der Waals surface area contributed by atoms with E-state index in [0.29, 0.717) is 12.8 Å². The molecule has 0 saturated heterocycles. The number of phosphoric ester groups is 1. The minimum Gasteiger partial charge on any atom is -0.462 e. The number of aliphatic hydroxyl groups is 3. The van der Waals surface area contributed by atoms with Crippen LogP contribution in [0.25, 0.3) is 0 Å². The van der Waals surface area contributed by atoms with E-state index in [1.807, 2.05) is 19.1 Å². The highest BCUT2D eigenvalue weighted by molar-refractivity contribution is 7.46. The Hall–Kier alpha value is -3.41. The highest BCUT2D eigenvalue weighted by atomic mass is 31.2. The molecular weight excluding hydrogens is 699 g/mol. The van der Waals surface area contributed by atoms with E-state index in [1.165, 1.54) is 6.08 Å². The van der Waals surface area contributed by atoms with Crippen LogP contribution >= 0.6 is 7.82 Å². The van der Waals surface area contributed by atoms with Crippen LogP contribution in [-0.4, -0.2) is 74.7 Å². The molecule has 5 N–H and O–H groups in total. The van der Waals surface area contributed by atoms with Gasteiger partial charge in [0.25, 0.3) is 0 Å². The fourth-order valence-corrected chi connectivity index (χ4v) is 4.65. The van der Waals surface area contributed by atoms with E-state index in [0.717, 1.165) is 44.9 Å². The predicted molar refractivity (Wildman–Crippen MR) is 210 cm³/mol. The molecule has 53 heavy (non-hydrogen) atoms. The van der Waals surface area contributed by atoms with Gasteiger partial charge >= 0.3 is 19.8 Å². The van der Waals surface area contributed by atoms with Crippen molar-refractivity contribution in [2.75, 3.05) is 13.2 Å². The Morgan fingerprint density at radius 1 is 0.642 bits per heavy atom. The van der Waals surface area contributed by atoms with Gasteiger partial charge in [-0.15, -0.1) is 0 Å². The third-order valence-corrected chi connectivity index (χ3v) is 7.61. The van der Waals surface area contributed by atoms with Crippen molar-refractivity contribution in [3.63, 3.8) is 0 Å². The first-order valence-corrected chi connectivity index (χ1v) is 20.0. The van der Waals surface area contributed by atoms with Crippen LogP contribution in [0.3, 0.4) is 0 Å². The standard InChI is InChI=1S/C41H63O11P/c1-3-5-7-8-9-10-11-12-13-14-15-16-17-22-26-32-40(45)50-34-37(35-51-53(47,48)49)52-41(46)33-27-31-39(44)38(43)30-25-21-19-18-20-24-29-36(42)28-23-6-4-2/h5-7,9-10,12-13,15-16,18-21,23-25,29-30,36-39,42-44H,3-4,8,11,14,17,22,26-28,31-35H2,1-2H3,(H2,47,48,49)/b7-5-,10-9-,13-12-,16-15-,20-18+,21-19-,23-6-,29-24+,30-25-/t36-,37+,38+,39+/m0/s1. The van der Waals surface area contributed by atoms with Crippen molar-refractivity contribution >= 4 is 19.8 Å². The van der Waals surface area contributed by atoms with Gasteiger partial charge in [-0.3, -0.25) is 14.1 Å². The molecule has 0 spiro atoms. The van der Waals surface area contributed by atoms with Crippen molar-refractivity contribution in [1.82, 2.24) is 0 Å². The third-order valence-electron chi connectivity index (χ3n) is 7.13. The summed E-state index contributed by atoms with van der Waals surface area (Å²) >= 11 is 0. The molecule has 298 valence electrons. The lowest BCUT2D eigenvalue weighted by atomic mass is 10.1. The molecule has 0 rings (SSSR count). The van der Waals surface area contributed by atoms with E-state index in [1.54, 1.807) is 42.5 Å². The van der Waals surface area contributed by atoms with Crippen LogP contribution in [0.15, 0.2) is 109 Å². The van der Waals surface area contributed by atoms with Crippen molar-refractivity contribution in [3.05, 3.63) is 109 Å². The van der Waals surface area contributed by atoms with Gasteiger partial charge < -0.3 is 34.6 Å². The highest BCUT2D eigenvalue weighted by Crippen LogP contribution is 2.36. The molecule has 11 nitrogen and oxygen atoms in total. The minimum absolute atomic E-state index is 0.0737. The molecule has 0 bridgehead atoms. The number of carbonyl (C=O) groups excluding carboxylic acids is 2. The van der Waals surface area contributed by atoms with Crippen molar-refractivity contribution in [2.24, 2.45) is 0 Å². The quantitative estimate of drug-likeness (QED) is 0.0153. The van der Waals surface area contributed by atoms with E-state index in [4.69, 9.17) is 19.3 Å². The lowest BCUT2D eigenvalue weighted by Gasteiger charge is -2.19. The number of allylic oxidation sites excluding steroid dienone is 15. The number of carbonyl (C=O) groups is 2. The summed E-state index contributed by atoms with van der Waals surface area (Å²) in [5.74, 6) is -1.28. The Bertz CT molecular complexity index is 1270. The summed E-state index contributed by atoms with van der Waals surface area (Å²) in [5.41, 5.74) is 0. The lowest BCUT2D eigenvalue weighted by molar-refractivity contribution is -0.161. The first-order chi connectivity index (χ1) is 25.5. The molecule has 0 aromatic heterocycles. The van der Waals surface area contributed by atoms with E-state index >= 15 is 0 Å². The smallest absolute Gasteiger partial charge is 0.462 e. The normalized spacial score (nSPS) is 15.5. The van der Waals surface area contributed by atoms with Gasteiger partial charge in [0.1, 0.15) is 6.61 Å².